The van der Waals surface area contributed by atoms with E-state index in [2.05, 4.69) is 10.3 Å². The molecule has 0 amide bonds. The summed E-state index contributed by atoms with van der Waals surface area (Å²) in [5, 5.41) is 3.81. The molecule has 1 aromatic carbocycles. The molecular weight excluding hydrogens is 260 g/mol. The van der Waals surface area contributed by atoms with Crippen LogP contribution in [0, 0.1) is 6.92 Å². The van der Waals surface area contributed by atoms with E-state index in [0.29, 0.717) is 16.4 Å². The molecule has 1 N–H and O–H groups in total. The average molecular weight is 274 g/mol. The molecule has 5 heteroatoms. The topological polar surface area (TPSA) is 59.1 Å². The molecule has 4 nitrogen and oxygen atoms in total. The molecule has 19 heavy (non-hydrogen) atoms. The number of benzene rings is 1. The van der Waals surface area contributed by atoms with Crippen LogP contribution in [0.3, 0.4) is 0 Å². The van der Waals surface area contributed by atoms with Gasteiger partial charge in [-0.15, -0.1) is 11.3 Å². The fourth-order valence-corrected chi connectivity index (χ4v) is 2.57. The van der Waals surface area contributed by atoms with Crippen LogP contribution < -0.4 is 5.32 Å². The average Bonchev–Trinajstić information content (AvgIpc) is 2.71. The van der Waals surface area contributed by atoms with Crippen LogP contribution in [0.1, 0.15) is 39.6 Å². The van der Waals surface area contributed by atoms with Gasteiger partial charge in [-0.1, -0.05) is 0 Å². The molecule has 0 bridgehead atoms. The Balaban J connectivity index is 2.19. The number of aromatic nitrogens is 1. The second kappa shape index (κ2) is 5.32. The molecule has 0 aliphatic carbocycles. The van der Waals surface area contributed by atoms with Crippen molar-refractivity contribution in [2.75, 3.05) is 5.32 Å². The van der Waals surface area contributed by atoms with Gasteiger partial charge in [0.15, 0.2) is 16.7 Å². The highest BCUT2D eigenvalue weighted by molar-refractivity contribution is 7.15. The summed E-state index contributed by atoms with van der Waals surface area (Å²) < 4.78 is 0. The molecule has 98 valence electrons. The first-order valence-electron chi connectivity index (χ1n) is 5.84. The van der Waals surface area contributed by atoms with Gasteiger partial charge in [0, 0.05) is 23.1 Å². The Labute approximate surface area is 115 Å². The van der Waals surface area contributed by atoms with Gasteiger partial charge in [-0.2, -0.15) is 0 Å². The third kappa shape index (κ3) is 3.06. The Hall–Kier alpha value is -2.01. The smallest absolute Gasteiger partial charge is 0.188 e. The van der Waals surface area contributed by atoms with Crippen molar-refractivity contribution in [1.29, 1.82) is 0 Å². The maximum atomic E-state index is 11.3. The second-order valence-electron chi connectivity index (χ2n) is 4.24. The highest BCUT2D eigenvalue weighted by Gasteiger charge is 2.11. The second-order valence-corrected chi connectivity index (χ2v) is 5.44. The number of hydrogen-bond acceptors (Lipinski definition) is 5. The third-order valence-corrected chi connectivity index (χ3v) is 3.56. The van der Waals surface area contributed by atoms with E-state index in [-0.39, 0.29) is 11.6 Å². The van der Waals surface area contributed by atoms with Crippen LogP contribution in [-0.4, -0.2) is 16.6 Å². The van der Waals surface area contributed by atoms with E-state index in [0.717, 1.165) is 10.6 Å². The molecule has 0 saturated heterocycles. The van der Waals surface area contributed by atoms with Crippen LogP contribution in [0.4, 0.5) is 10.8 Å². The summed E-state index contributed by atoms with van der Waals surface area (Å²) >= 11 is 1.44. The zero-order chi connectivity index (χ0) is 14.0. The number of rotatable bonds is 4. The summed E-state index contributed by atoms with van der Waals surface area (Å²) in [5.74, 6) is 0.00392. The van der Waals surface area contributed by atoms with Gasteiger partial charge in [0.25, 0.3) is 0 Å². The molecular formula is C14H14N2O2S. The Kier molecular flexibility index (Phi) is 3.76. The van der Waals surface area contributed by atoms with E-state index in [9.17, 15) is 9.59 Å². The molecule has 2 rings (SSSR count). The predicted molar refractivity (Wildman–Crippen MR) is 76.6 cm³/mol. The summed E-state index contributed by atoms with van der Waals surface area (Å²) in [7, 11) is 0. The van der Waals surface area contributed by atoms with Gasteiger partial charge < -0.3 is 5.32 Å². The van der Waals surface area contributed by atoms with Crippen LogP contribution in [0.25, 0.3) is 0 Å². The number of anilines is 2. The van der Waals surface area contributed by atoms with Gasteiger partial charge in [0.1, 0.15) is 5.69 Å². The summed E-state index contributed by atoms with van der Waals surface area (Å²) in [4.78, 5) is 27.7. The highest BCUT2D eigenvalue weighted by Crippen LogP contribution is 2.25. The molecule has 2 aromatic rings. The first-order valence-corrected chi connectivity index (χ1v) is 6.65. The number of hydrogen-bond donors (Lipinski definition) is 1. The monoisotopic (exact) mass is 274 g/mol. The lowest BCUT2D eigenvalue weighted by atomic mass is 10.1. The lowest BCUT2D eigenvalue weighted by Gasteiger charge is -2.02. The van der Waals surface area contributed by atoms with Crippen molar-refractivity contribution in [3.63, 3.8) is 0 Å². The van der Waals surface area contributed by atoms with Crippen LogP contribution in [0.5, 0.6) is 0 Å². The summed E-state index contributed by atoms with van der Waals surface area (Å²) in [6.07, 6.45) is 0. The van der Waals surface area contributed by atoms with Gasteiger partial charge >= 0.3 is 0 Å². The van der Waals surface area contributed by atoms with E-state index in [4.69, 9.17) is 0 Å². The Morgan fingerprint density at radius 2 is 1.74 bits per heavy atom. The normalized spacial score (nSPS) is 10.3. The van der Waals surface area contributed by atoms with Crippen molar-refractivity contribution in [3.05, 3.63) is 40.4 Å². The highest BCUT2D eigenvalue weighted by atomic mass is 32.1. The van der Waals surface area contributed by atoms with Gasteiger partial charge in [0.05, 0.1) is 0 Å². The van der Waals surface area contributed by atoms with Crippen molar-refractivity contribution in [1.82, 2.24) is 4.98 Å². The molecule has 1 aromatic heterocycles. The Bertz CT molecular complexity index is 629. The van der Waals surface area contributed by atoms with Crippen molar-refractivity contribution >= 4 is 33.7 Å². The van der Waals surface area contributed by atoms with Crippen molar-refractivity contribution in [2.45, 2.75) is 20.8 Å². The summed E-state index contributed by atoms with van der Waals surface area (Å²) in [6.45, 7) is 4.91. The van der Waals surface area contributed by atoms with Gasteiger partial charge in [-0.05, 0) is 38.1 Å². The van der Waals surface area contributed by atoms with Crippen molar-refractivity contribution < 1.29 is 9.59 Å². The Morgan fingerprint density at radius 3 is 2.21 bits per heavy atom. The number of nitrogens with zero attached hydrogens (tertiary/aromatic N) is 1. The lowest BCUT2D eigenvalue weighted by molar-refractivity contribution is 0.100. The van der Waals surface area contributed by atoms with Gasteiger partial charge in [-0.3, -0.25) is 9.59 Å². The van der Waals surface area contributed by atoms with Crippen molar-refractivity contribution in [3.8, 4) is 0 Å². The van der Waals surface area contributed by atoms with Crippen LogP contribution >= 0.6 is 11.3 Å². The lowest BCUT2D eigenvalue weighted by Crippen LogP contribution is -1.96. The van der Waals surface area contributed by atoms with Gasteiger partial charge in [-0.25, -0.2) is 4.98 Å². The predicted octanol–water partition coefficient (Wildman–Crippen LogP) is 3.60. The van der Waals surface area contributed by atoms with E-state index in [1.54, 1.807) is 12.1 Å². The van der Waals surface area contributed by atoms with E-state index < -0.39 is 0 Å². The number of nitrogens with one attached hydrogen (secondary N) is 1. The van der Waals surface area contributed by atoms with Crippen LogP contribution in [0.15, 0.2) is 24.3 Å². The molecule has 0 atom stereocenters. The largest absolute Gasteiger partial charge is 0.332 e. The standard InChI is InChI=1S/C14H14N2O2S/c1-8(17)11-4-6-12(7-5-11)15-14-16-13(9(2)18)10(3)19-14/h4-7H,1-3H3,(H,15,16). The first kappa shape index (κ1) is 13.4. The van der Waals surface area contributed by atoms with Gasteiger partial charge in [0.2, 0.25) is 0 Å². The van der Waals surface area contributed by atoms with Crippen LogP contribution in [-0.2, 0) is 0 Å². The first-order chi connectivity index (χ1) is 8.97. The minimum atomic E-state index is -0.0336. The van der Waals surface area contributed by atoms with Crippen molar-refractivity contribution in [2.24, 2.45) is 0 Å². The van der Waals surface area contributed by atoms with E-state index in [1.807, 2.05) is 19.1 Å². The van der Waals surface area contributed by atoms with E-state index in [1.165, 1.54) is 25.2 Å². The third-order valence-electron chi connectivity index (χ3n) is 2.67. The summed E-state index contributed by atoms with van der Waals surface area (Å²) in [6, 6.07) is 7.16. The molecule has 0 unspecified atom stereocenters. The number of thiazole rings is 1. The molecule has 0 saturated carbocycles. The number of ketones is 2. The quantitative estimate of drug-likeness (QED) is 0.865. The molecule has 0 spiro atoms. The SMILES string of the molecule is CC(=O)c1ccc(Nc2nc(C(C)=O)c(C)s2)cc1. The Morgan fingerprint density at radius 1 is 1.11 bits per heavy atom. The zero-order valence-corrected chi connectivity index (χ0v) is 11.8. The van der Waals surface area contributed by atoms with E-state index >= 15 is 0 Å². The van der Waals surface area contributed by atoms with Crippen LogP contribution in [0.2, 0.25) is 0 Å². The molecule has 0 aliphatic heterocycles. The fourth-order valence-electron chi connectivity index (χ4n) is 1.69. The maximum Gasteiger partial charge on any atom is 0.188 e. The number of Topliss-reactive ketones (excluding diaryl/α,β-unsaturated/α-hetero) is 2. The summed E-state index contributed by atoms with van der Waals surface area (Å²) in [5.41, 5.74) is 2.02. The molecule has 0 radical (unpaired) electrons. The molecule has 1 heterocycles. The molecule has 0 aliphatic rings. The maximum absolute atomic E-state index is 11.3. The number of carbonyl (C=O) groups excluding carboxylic acids is 2. The number of aryl methyl sites for hydroxylation is 1. The molecule has 0 fully saturated rings. The minimum Gasteiger partial charge on any atom is -0.332 e. The fraction of sp³-hybridized carbons (Fsp3) is 0.214. The minimum absolute atomic E-state index is 0.0336. The zero-order valence-electron chi connectivity index (χ0n) is 11.0. The number of carbonyl (C=O) groups is 2.